The van der Waals surface area contributed by atoms with Gasteiger partial charge in [-0.1, -0.05) is 17.7 Å². The van der Waals surface area contributed by atoms with E-state index in [1.807, 2.05) is 13.0 Å². The molecule has 1 aromatic rings. The van der Waals surface area contributed by atoms with Crippen molar-refractivity contribution in [1.82, 2.24) is 5.48 Å². The number of hydrogen-bond acceptors (Lipinski definition) is 3. The standard InChI is InChI=1S/C11H15ClN2O3/c1-8-3-4-9(7-10(8)12)13-11(15)14-17-6-5-16-2/h3-4,7H,5-6H2,1-2H3,(H2,13,14,15). The molecule has 0 aliphatic rings. The number of halogens is 1. The molecule has 0 aliphatic carbocycles. The zero-order valence-electron chi connectivity index (χ0n) is 9.75. The topological polar surface area (TPSA) is 59.6 Å². The van der Waals surface area contributed by atoms with Gasteiger partial charge in [0.1, 0.15) is 0 Å². The molecule has 0 bridgehead atoms. The van der Waals surface area contributed by atoms with Crippen LogP contribution in [0.3, 0.4) is 0 Å². The lowest BCUT2D eigenvalue weighted by molar-refractivity contribution is 0.0272. The van der Waals surface area contributed by atoms with Crippen molar-refractivity contribution in [2.45, 2.75) is 6.92 Å². The quantitative estimate of drug-likeness (QED) is 0.630. The number of carbonyl (C=O) groups is 1. The molecule has 0 atom stereocenters. The summed E-state index contributed by atoms with van der Waals surface area (Å²) in [4.78, 5) is 16.2. The van der Waals surface area contributed by atoms with Gasteiger partial charge in [-0.3, -0.25) is 4.84 Å². The van der Waals surface area contributed by atoms with Crippen LogP contribution in [-0.2, 0) is 9.57 Å². The number of ether oxygens (including phenoxy) is 1. The van der Waals surface area contributed by atoms with E-state index >= 15 is 0 Å². The van der Waals surface area contributed by atoms with Crippen LogP contribution in [0.2, 0.25) is 5.02 Å². The summed E-state index contributed by atoms with van der Waals surface area (Å²) in [6.45, 7) is 2.59. The zero-order chi connectivity index (χ0) is 12.7. The fourth-order valence-corrected chi connectivity index (χ4v) is 1.25. The summed E-state index contributed by atoms with van der Waals surface area (Å²) in [6.07, 6.45) is 0. The van der Waals surface area contributed by atoms with Crippen molar-refractivity contribution in [3.05, 3.63) is 28.8 Å². The summed E-state index contributed by atoms with van der Waals surface area (Å²) < 4.78 is 4.76. The third-order valence-corrected chi connectivity index (χ3v) is 2.39. The molecule has 5 nitrogen and oxygen atoms in total. The molecule has 0 saturated heterocycles. The van der Waals surface area contributed by atoms with Gasteiger partial charge in [0.2, 0.25) is 0 Å². The highest BCUT2D eigenvalue weighted by Crippen LogP contribution is 2.19. The fourth-order valence-electron chi connectivity index (χ4n) is 1.07. The van der Waals surface area contributed by atoms with E-state index in [9.17, 15) is 4.79 Å². The van der Waals surface area contributed by atoms with E-state index in [2.05, 4.69) is 10.8 Å². The number of anilines is 1. The van der Waals surface area contributed by atoms with Gasteiger partial charge < -0.3 is 10.1 Å². The molecule has 0 fully saturated rings. The van der Waals surface area contributed by atoms with Crippen LogP contribution in [0.25, 0.3) is 0 Å². The molecule has 0 aromatic heterocycles. The first-order chi connectivity index (χ1) is 8.13. The molecule has 6 heteroatoms. The Balaban J connectivity index is 2.37. The summed E-state index contributed by atoms with van der Waals surface area (Å²) in [6, 6.07) is 4.80. The van der Waals surface area contributed by atoms with E-state index in [0.717, 1.165) is 5.56 Å². The Bertz CT molecular complexity index is 385. The number of nitrogens with one attached hydrogen (secondary N) is 2. The second-order valence-corrected chi connectivity index (χ2v) is 3.77. The van der Waals surface area contributed by atoms with Crippen LogP contribution in [0.4, 0.5) is 10.5 Å². The Kier molecular flexibility index (Phi) is 5.76. The van der Waals surface area contributed by atoms with Crippen molar-refractivity contribution < 1.29 is 14.4 Å². The van der Waals surface area contributed by atoms with Crippen LogP contribution in [0.1, 0.15) is 5.56 Å². The van der Waals surface area contributed by atoms with Crippen molar-refractivity contribution in [2.75, 3.05) is 25.6 Å². The van der Waals surface area contributed by atoms with E-state index in [1.165, 1.54) is 0 Å². The zero-order valence-corrected chi connectivity index (χ0v) is 10.5. The van der Waals surface area contributed by atoms with Gasteiger partial charge in [-0.2, -0.15) is 0 Å². The summed E-state index contributed by atoms with van der Waals surface area (Å²) >= 11 is 5.92. The predicted molar refractivity (Wildman–Crippen MR) is 66.2 cm³/mol. The molecule has 2 N–H and O–H groups in total. The monoisotopic (exact) mass is 258 g/mol. The van der Waals surface area contributed by atoms with E-state index in [-0.39, 0.29) is 0 Å². The third-order valence-electron chi connectivity index (χ3n) is 1.98. The number of hydroxylamine groups is 1. The first-order valence-corrected chi connectivity index (χ1v) is 5.45. The molecule has 17 heavy (non-hydrogen) atoms. The van der Waals surface area contributed by atoms with Crippen molar-refractivity contribution in [3.63, 3.8) is 0 Å². The largest absolute Gasteiger partial charge is 0.382 e. The molecule has 2 amide bonds. The Hall–Kier alpha value is -1.30. The Morgan fingerprint density at radius 3 is 2.82 bits per heavy atom. The van der Waals surface area contributed by atoms with Crippen LogP contribution in [-0.4, -0.2) is 26.4 Å². The Morgan fingerprint density at radius 1 is 1.41 bits per heavy atom. The summed E-state index contributed by atoms with van der Waals surface area (Å²) in [5.74, 6) is 0. The van der Waals surface area contributed by atoms with E-state index < -0.39 is 6.03 Å². The van der Waals surface area contributed by atoms with Crippen LogP contribution < -0.4 is 10.8 Å². The maximum absolute atomic E-state index is 11.3. The highest BCUT2D eigenvalue weighted by Gasteiger charge is 2.03. The van der Waals surface area contributed by atoms with Gasteiger partial charge in [0.25, 0.3) is 0 Å². The molecule has 0 spiro atoms. The average Bonchev–Trinajstić information content (AvgIpc) is 2.30. The number of rotatable bonds is 5. The minimum absolute atomic E-state index is 0.290. The molecule has 94 valence electrons. The molecule has 1 aromatic carbocycles. The summed E-state index contributed by atoms with van der Waals surface area (Å²) in [5, 5.41) is 3.19. The average molecular weight is 259 g/mol. The van der Waals surface area contributed by atoms with Gasteiger partial charge in [0.15, 0.2) is 0 Å². The van der Waals surface area contributed by atoms with Crippen LogP contribution in [0, 0.1) is 6.92 Å². The number of amides is 2. The van der Waals surface area contributed by atoms with Gasteiger partial charge in [0.05, 0.1) is 13.2 Å². The Labute approximate surface area is 105 Å². The predicted octanol–water partition coefficient (Wildman–Crippen LogP) is 2.35. The van der Waals surface area contributed by atoms with Gasteiger partial charge in [-0.25, -0.2) is 10.3 Å². The molecule has 1 rings (SSSR count). The maximum Gasteiger partial charge on any atom is 0.343 e. The molecular weight excluding hydrogens is 244 g/mol. The highest BCUT2D eigenvalue weighted by atomic mass is 35.5. The minimum Gasteiger partial charge on any atom is -0.382 e. The van der Waals surface area contributed by atoms with Crippen molar-refractivity contribution in [1.29, 1.82) is 0 Å². The first-order valence-electron chi connectivity index (χ1n) is 5.07. The normalized spacial score (nSPS) is 10.1. The van der Waals surface area contributed by atoms with Crippen LogP contribution in [0.5, 0.6) is 0 Å². The van der Waals surface area contributed by atoms with E-state index in [1.54, 1.807) is 19.2 Å². The second-order valence-electron chi connectivity index (χ2n) is 3.36. The molecule has 0 unspecified atom stereocenters. The number of aryl methyl sites for hydroxylation is 1. The molecular formula is C11H15ClN2O3. The molecule has 0 saturated carbocycles. The fraction of sp³-hybridized carbons (Fsp3) is 0.364. The minimum atomic E-state index is -0.457. The number of urea groups is 1. The Morgan fingerprint density at radius 2 is 2.18 bits per heavy atom. The first kappa shape index (κ1) is 13.8. The number of carbonyl (C=O) groups excluding carboxylic acids is 1. The lowest BCUT2D eigenvalue weighted by Crippen LogP contribution is -2.30. The lowest BCUT2D eigenvalue weighted by Gasteiger charge is -2.08. The van der Waals surface area contributed by atoms with Crippen molar-refractivity contribution in [3.8, 4) is 0 Å². The summed E-state index contributed by atoms with van der Waals surface area (Å²) in [7, 11) is 1.55. The summed E-state index contributed by atoms with van der Waals surface area (Å²) in [5.41, 5.74) is 3.78. The van der Waals surface area contributed by atoms with E-state index in [4.69, 9.17) is 21.2 Å². The van der Waals surface area contributed by atoms with Gasteiger partial charge in [0, 0.05) is 17.8 Å². The van der Waals surface area contributed by atoms with Crippen molar-refractivity contribution >= 4 is 23.3 Å². The third kappa shape index (κ3) is 5.04. The number of methoxy groups -OCH3 is 1. The smallest absolute Gasteiger partial charge is 0.343 e. The van der Waals surface area contributed by atoms with Crippen LogP contribution >= 0.6 is 11.6 Å². The number of hydrogen-bond donors (Lipinski definition) is 2. The van der Waals surface area contributed by atoms with Crippen LogP contribution in [0.15, 0.2) is 18.2 Å². The second kappa shape index (κ2) is 7.11. The van der Waals surface area contributed by atoms with E-state index in [0.29, 0.717) is 23.9 Å². The van der Waals surface area contributed by atoms with Gasteiger partial charge in [-0.15, -0.1) is 0 Å². The molecule has 0 aliphatic heterocycles. The highest BCUT2D eigenvalue weighted by molar-refractivity contribution is 6.31. The molecule has 0 radical (unpaired) electrons. The lowest BCUT2D eigenvalue weighted by atomic mass is 10.2. The van der Waals surface area contributed by atoms with Gasteiger partial charge in [-0.05, 0) is 24.6 Å². The molecule has 0 heterocycles. The SMILES string of the molecule is COCCONC(=O)Nc1ccc(C)c(Cl)c1. The number of benzene rings is 1. The van der Waals surface area contributed by atoms with Crippen molar-refractivity contribution in [2.24, 2.45) is 0 Å². The van der Waals surface area contributed by atoms with Gasteiger partial charge >= 0.3 is 6.03 Å². The maximum atomic E-state index is 11.3.